The molecule has 0 saturated heterocycles. The molecule has 3 heteroatoms. The SMILES string of the molecule is CCC(C)c1cc(C=O)c(C)n1CCOC. The molecule has 1 rings (SSSR count). The van der Waals surface area contributed by atoms with Crippen molar-refractivity contribution in [2.45, 2.75) is 39.7 Å². The van der Waals surface area contributed by atoms with Crippen molar-refractivity contribution in [1.29, 1.82) is 0 Å². The van der Waals surface area contributed by atoms with Crippen LogP contribution >= 0.6 is 0 Å². The number of carbonyl (C=O) groups excluding carboxylic acids is 1. The zero-order valence-corrected chi connectivity index (χ0v) is 10.6. The predicted molar refractivity (Wildman–Crippen MR) is 65.1 cm³/mol. The van der Waals surface area contributed by atoms with Crippen LogP contribution in [0.5, 0.6) is 0 Å². The molecule has 0 aliphatic heterocycles. The van der Waals surface area contributed by atoms with Gasteiger partial charge in [-0.2, -0.15) is 0 Å². The van der Waals surface area contributed by atoms with Crippen LogP contribution in [0.15, 0.2) is 6.07 Å². The molecule has 16 heavy (non-hydrogen) atoms. The molecule has 0 bridgehead atoms. The smallest absolute Gasteiger partial charge is 0.151 e. The van der Waals surface area contributed by atoms with E-state index in [1.807, 2.05) is 13.0 Å². The molecule has 0 aliphatic rings. The van der Waals surface area contributed by atoms with Crippen molar-refractivity contribution in [3.05, 3.63) is 23.0 Å². The van der Waals surface area contributed by atoms with Gasteiger partial charge in [-0.15, -0.1) is 0 Å². The normalized spacial score (nSPS) is 12.8. The van der Waals surface area contributed by atoms with Gasteiger partial charge in [0.05, 0.1) is 6.61 Å². The lowest BCUT2D eigenvalue weighted by molar-refractivity contribution is 0.112. The van der Waals surface area contributed by atoms with Crippen molar-refractivity contribution in [1.82, 2.24) is 4.57 Å². The highest BCUT2D eigenvalue weighted by Crippen LogP contribution is 2.24. The zero-order valence-electron chi connectivity index (χ0n) is 10.6. The first-order valence-corrected chi connectivity index (χ1v) is 5.79. The molecule has 1 heterocycles. The largest absolute Gasteiger partial charge is 0.383 e. The van der Waals surface area contributed by atoms with Crippen molar-refractivity contribution < 1.29 is 9.53 Å². The Labute approximate surface area is 97.4 Å². The quantitative estimate of drug-likeness (QED) is 0.694. The lowest BCUT2D eigenvalue weighted by atomic mass is 10.0. The highest BCUT2D eigenvalue weighted by molar-refractivity contribution is 5.77. The van der Waals surface area contributed by atoms with Crippen LogP contribution in [0, 0.1) is 6.92 Å². The first kappa shape index (κ1) is 13.0. The molecule has 0 spiro atoms. The molecule has 0 radical (unpaired) electrons. The molecular weight excluding hydrogens is 202 g/mol. The predicted octanol–water partition coefficient (Wildman–Crippen LogP) is 2.77. The van der Waals surface area contributed by atoms with Gasteiger partial charge >= 0.3 is 0 Å². The topological polar surface area (TPSA) is 31.2 Å². The highest BCUT2D eigenvalue weighted by Gasteiger charge is 2.14. The van der Waals surface area contributed by atoms with Crippen molar-refractivity contribution in [2.75, 3.05) is 13.7 Å². The van der Waals surface area contributed by atoms with Crippen LogP contribution in [-0.4, -0.2) is 24.6 Å². The van der Waals surface area contributed by atoms with Crippen molar-refractivity contribution >= 4 is 6.29 Å². The van der Waals surface area contributed by atoms with Gasteiger partial charge in [0.15, 0.2) is 6.29 Å². The Morgan fingerprint density at radius 3 is 2.75 bits per heavy atom. The lowest BCUT2D eigenvalue weighted by Crippen LogP contribution is -2.11. The zero-order chi connectivity index (χ0) is 12.1. The van der Waals surface area contributed by atoms with Gasteiger partial charge in [-0.1, -0.05) is 13.8 Å². The Balaban J connectivity index is 3.08. The molecule has 1 atom stereocenters. The average Bonchev–Trinajstić information content (AvgIpc) is 2.62. The molecule has 1 aromatic heterocycles. The molecule has 3 nitrogen and oxygen atoms in total. The second-order valence-corrected chi connectivity index (χ2v) is 4.18. The Bertz CT molecular complexity index is 355. The van der Waals surface area contributed by atoms with Gasteiger partial charge in [0.1, 0.15) is 0 Å². The molecule has 0 fully saturated rings. The summed E-state index contributed by atoms with van der Waals surface area (Å²) in [5.41, 5.74) is 3.08. The van der Waals surface area contributed by atoms with Crippen LogP contribution in [0.3, 0.4) is 0 Å². The maximum Gasteiger partial charge on any atom is 0.151 e. The van der Waals surface area contributed by atoms with Gasteiger partial charge in [0.2, 0.25) is 0 Å². The number of carbonyl (C=O) groups is 1. The second kappa shape index (κ2) is 5.85. The van der Waals surface area contributed by atoms with Gasteiger partial charge < -0.3 is 9.30 Å². The summed E-state index contributed by atoms with van der Waals surface area (Å²) in [5.74, 6) is 0.476. The van der Waals surface area contributed by atoms with E-state index in [1.54, 1.807) is 7.11 Å². The summed E-state index contributed by atoms with van der Waals surface area (Å²) in [6, 6.07) is 2.01. The van der Waals surface area contributed by atoms with Crippen molar-refractivity contribution in [3.63, 3.8) is 0 Å². The van der Waals surface area contributed by atoms with Crippen LogP contribution in [0.25, 0.3) is 0 Å². The fourth-order valence-corrected chi connectivity index (χ4v) is 1.91. The van der Waals surface area contributed by atoms with Crippen molar-refractivity contribution in [3.8, 4) is 0 Å². The summed E-state index contributed by atoms with van der Waals surface area (Å²) in [7, 11) is 1.70. The number of rotatable bonds is 6. The minimum Gasteiger partial charge on any atom is -0.383 e. The van der Waals surface area contributed by atoms with Crippen LogP contribution < -0.4 is 0 Å². The van der Waals surface area contributed by atoms with E-state index in [0.29, 0.717) is 12.5 Å². The van der Waals surface area contributed by atoms with Gasteiger partial charge in [-0.05, 0) is 25.3 Å². The minimum absolute atomic E-state index is 0.476. The summed E-state index contributed by atoms with van der Waals surface area (Å²) >= 11 is 0. The lowest BCUT2D eigenvalue weighted by Gasteiger charge is -2.15. The minimum atomic E-state index is 0.476. The van der Waals surface area contributed by atoms with Crippen LogP contribution in [0.4, 0.5) is 0 Å². The van der Waals surface area contributed by atoms with Gasteiger partial charge in [-0.3, -0.25) is 4.79 Å². The number of aromatic nitrogens is 1. The number of ether oxygens (including phenoxy) is 1. The third-order valence-electron chi connectivity index (χ3n) is 3.20. The van der Waals surface area contributed by atoms with E-state index in [2.05, 4.69) is 18.4 Å². The number of nitrogens with zero attached hydrogens (tertiary/aromatic N) is 1. The Kier molecular flexibility index (Phi) is 4.74. The molecule has 0 aromatic carbocycles. The fraction of sp³-hybridized carbons (Fsp3) is 0.615. The van der Waals surface area contributed by atoms with Gasteiger partial charge in [0, 0.05) is 30.6 Å². The second-order valence-electron chi connectivity index (χ2n) is 4.18. The summed E-state index contributed by atoms with van der Waals surface area (Å²) in [5, 5.41) is 0. The molecule has 90 valence electrons. The number of methoxy groups -OCH3 is 1. The first-order chi connectivity index (χ1) is 7.65. The Morgan fingerprint density at radius 2 is 2.25 bits per heavy atom. The number of hydrogen-bond acceptors (Lipinski definition) is 2. The van der Waals surface area contributed by atoms with E-state index in [4.69, 9.17) is 4.74 Å². The van der Waals surface area contributed by atoms with Gasteiger partial charge in [0.25, 0.3) is 0 Å². The monoisotopic (exact) mass is 223 g/mol. The summed E-state index contributed by atoms with van der Waals surface area (Å²) in [4.78, 5) is 10.9. The van der Waals surface area contributed by atoms with Crippen LogP contribution in [0.1, 0.15) is 47.9 Å². The van der Waals surface area contributed by atoms with E-state index in [1.165, 1.54) is 5.69 Å². The third kappa shape index (κ3) is 2.53. The molecule has 0 aliphatic carbocycles. The molecule has 0 N–H and O–H groups in total. The number of hydrogen-bond donors (Lipinski definition) is 0. The van der Waals surface area contributed by atoms with Gasteiger partial charge in [-0.25, -0.2) is 0 Å². The number of aldehydes is 1. The van der Waals surface area contributed by atoms with Crippen molar-refractivity contribution in [2.24, 2.45) is 0 Å². The Hall–Kier alpha value is -1.09. The van der Waals surface area contributed by atoms with E-state index >= 15 is 0 Å². The van der Waals surface area contributed by atoms with E-state index in [9.17, 15) is 4.79 Å². The Morgan fingerprint density at radius 1 is 1.56 bits per heavy atom. The van der Waals surface area contributed by atoms with E-state index in [0.717, 1.165) is 30.5 Å². The summed E-state index contributed by atoms with van der Waals surface area (Å²) in [6.45, 7) is 7.83. The maximum atomic E-state index is 10.9. The molecule has 0 amide bonds. The fourth-order valence-electron chi connectivity index (χ4n) is 1.91. The average molecular weight is 223 g/mol. The summed E-state index contributed by atoms with van der Waals surface area (Å²) < 4.78 is 7.30. The highest BCUT2D eigenvalue weighted by atomic mass is 16.5. The summed E-state index contributed by atoms with van der Waals surface area (Å²) in [6.07, 6.45) is 2.01. The third-order valence-corrected chi connectivity index (χ3v) is 3.20. The molecular formula is C13H21NO2. The first-order valence-electron chi connectivity index (χ1n) is 5.79. The molecule has 1 aromatic rings. The van der Waals surface area contributed by atoms with E-state index in [-0.39, 0.29) is 0 Å². The maximum absolute atomic E-state index is 10.9. The molecule has 1 unspecified atom stereocenters. The van der Waals surface area contributed by atoms with E-state index < -0.39 is 0 Å². The van der Waals surface area contributed by atoms with Crippen LogP contribution in [-0.2, 0) is 11.3 Å². The molecule has 0 saturated carbocycles. The van der Waals surface area contributed by atoms with Crippen LogP contribution in [0.2, 0.25) is 0 Å². The standard InChI is InChI=1S/C13H21NO2/c1-5-10(2)13-8-12(9-15)11(3)14(13)6-7-16-4/h8-10H,5-7H2,1-4H3.